The summed E-state index contributed by atoms with van der Waals surface area (Å²) in [5, 5.41) is -0.202. The van der Waals surface area contributed by atoms with Crippen molar-refractivity contribution in [2.75, 3.05) is 0 Å². The fraction of sp³-hybridized carbons (Fsp3) is 0.500. The SMILES string of the molecule is C[Si](C)(C)[C@@H]1[C@@H](S(=O)(=O)c2ccccc2)[C@H]2C=C[C@H]1C2. The van der Waals surface area contributed by atoms with Crippen LogP contribution in [0.4, 0.5) is 0 Å². The van der Waals surface area contributed by atoms with E-state index in [1.807, 2.05) is 18.2 Å². The number of allylic oxidation sites excluding steroid dienone is 2. The lowest BCUT2D eigenvalue weighted by Crippen LogP contribution is -2.42. The molecule has 0 aromatic heterocycles. The highest BCUT2D eigenvalue weighted by atomic mass is 32.2. The maximum absolute atomic E-state index is 13.1. The van der Waals surface area contributed by atoms with E-state index in [4.69, 9.17) is 0 Å². The molecule has 1 saturated carbocycles. The summed E-state index contributed by atoms with van der Waals surface area (Å²) in [4.78, 5) is 0.495. The zero-order chi connectivity index (χ0) is 14.5. The Morgan fingerprint density at radius 2 is 1.60 bits per heavy atom. The van der Waals surface area contributed by atoms with E-state index in [-0.39, 0.29) is 11.2 Å². The van der Waals surface area contributed by atoms with Crippen LogP contribution >= 0.6 is 0 Å². The van der Waals surface area contributed by atoms with Gasteiger partial charge in [-0.2, -0.15) is 0 Å². The van der Waals surface area contributed by atoms with E-state index >= 15 is 0 Å². The molecule has 0 radical (unpaired) electrons. The van der Waals surface area contributed by atoms with Crippen molar-refractivity contribution >= 4 is 17.9 Å². The Morgan fingerprint density at radius 1 is 1.00 bits per heavy atom. The van der Waals surface area contributed by atoms with Gasteiger partial charge in [-0.05, 0) is 35.9 Å². The van der Waals surface area contributed by atoms with Crippen LogP contribution in [0.2, 0.25) is 25.2 Å². The molecule has 1 aromatic rings. The Kier molecular flexibility index (Phi) is 3.21. The molecule has 0 unspecified atom stereocenters. The first-order chi connectivity index (χ1) is 9.32. The fourth-order valence-electron chi connectivity index (χ4n) is 4.10. The second kappa shape index (κ2) is 4.57. The quantitative estimate of drug-likeness (QED) is 0.629. The molecule has 1 fully saturated rings. The van der Waals surface area contributed by atoms with Gasteiger partial charge in [0.25, 0.3) is 0 Å². The maximum atomic E-state index is 13.1. The molecule has 0 amide bonds. The Morgan fingerprint density at radius 3 is 2.20 bits per heavy atom. The minimum atomic E-state index is -3.22. The van der Waals surface area contributed by atoms with E-state index in [2.05, 4.69) is 31.8 Å². The highest BCUT2D eigenvalue weighted by Crippen LogP contribution is 2.55. The van der Waals surface area contributed by atoms with Gasteiger partial charge in [0.15, 0.2) is 9.84 Å². The first-order valence-corrected chi connectivity index (χ1v) is 12.4. The third-order valence-corrected chi connectivity index (χ3v) is 10.1. The summed E-state index contributed by atoms with van der Waals surface area (Å²) in [5.74, 6) is 0.706. The number of hydrogen-bond acceptors (Lipinski definition) is 2. The lowest BCUT2D eigenvalue weighted by Gasteiger charge is -2.36. The highest BCUT2D eigenvalue weighted by molar-refractivity contribution is 7.92. The standard InChI is InChI=1S/C16H22O2SSi/c1-20(2,3)16-13-10-9-12(11-13)15(16)19(17,18)14-7-5-4-6-8-14/h4-10,12-13,15-16H,11H2,1-3H3/t12-,13-,15-,16-/m0/s1. The zero-order valence-electron chi connectivity index (χ0n) is 12.3. The molecule has 20 heavy (non-hydrogen) atoms. The average Bonchev–Trinajstić information content (AvgIpc) is 2.99. The number of benzene rings is 1. The lowest BCUT2D eigenvalue weighted by atomic mass is 10.1. The van der Waals surface area contributed by atoms with E-state index in [9.17, 15) is 8.42 Å². The van der Waals surface area contributed by atoms with E-state index in [0.717, 1.165) is 6.42 Å². The number of fused-ring (bicyclic) bond motifs is 2. The Bertz CT molecular complexity index is 628. The van der Waals surface area contributed by atoms with Crippen LogP contribution in [-0.2, 0) is 9.84 Å². The molecule has 0 saturated heterocycles. The normalized spacial score (nSPS) is 32.8. The van der Waals surface area contributed by atoms with Crippen LogP contribution in [0.5, 0.6) is 0 Å². The van der Waals surface area contributed by atoms with Crippen molar-refractivity contribution in [3.63, 3.8) is 0 Å². The van der Waals surface area contributed by atoms with Crippen LogP contribution in [0.15, 0.2) is 47.4 Å². The molecular formula is C16H22O2SSi. The van der Waals surface area contributed by atoms with Crippen molar-refractivity contribution < 1.29 is 8.42 Å². The van der Waals surface area contributed by atoms with Crippen LogP contribution in [0.1, 0.15) is 6.42 Å². The van der Waals surface area contributed by atoms with Crippen molar-refractivity contribution in [2.45, 2.75) is 41.7 Å². The van der Waals surface area contributed by atoms with Crippen molar-refractivity contribution in [3.05, 3.63) is 42.5 Å². The molecule has 2 aliphatic carbocycles. The van der Waals surface area contributed by atoms with E-state index in [0.29, 0.717) is 16.4 Å². The van der Waals surface area contributed by atoms with Crippen molar-refractivity contribution in [2.24, 2.45) is 11.8 Å². The zero-order valence-corrected chi connectivity index (χ0v) is 14.1. The summed E-state index contributed by atoms with van der Waals surface area (Å²) in [5.41, 5.74) is 0.350. The predicted molar refractivity (Wildman–Crippen MR) is 85.2 cm³/mol. The summed E-state index contributed by atoms with van der Waals surface area (Å²) in [6.07, 6.45) is 5.45. The summed E-state index contributed by atoms with van der Waals surface area (Å²) < 4.78 is 26.1. The molecular weight excluding hydrogens is 284 g/mol. The smallest absolute Gasteiger partial charge is 0.181 e. The third kappa shape index (κ3) is 2.09. The van der Waals surface area contributed by atoms with Gasteiger partial charge >= 0.3 is 0 Å². The van der Waals surface area contributed by atoms with Gasteiger partial charge in [0.2, 0.25) is 0 Å². The lowest BCUT2D eigenvalue weighted by molar-refractivity contribution is 0.558. The monoisotopic (exact) mass is 306 g/mol. The van der Waals surface area contributed by atoms with Crippen LogP contribution in [0.3, 0.4) is 0 Å². The molecule has 1 aromatic carbocycles. The highest BCUT2D eigenvalue weighted by Gasteiger charge is 2.55. The molecule has 0 aliphatic heterocycles. The summed E-state index contributed by atoms with van der Waals surface area (Å²) in [7, 11) is -4.73. The fourth-order valence-corrected chi connectivity index (χ4v) is 10.7. The minimum absolute atomic E-state index is 0.202. The van der Waals surface area contributed by atoms with E-state index in [1.54, 1.807) is 12.1 Å². The molecule has 3 rings (SSSR count). The predicted octanol–water partition coefficient (Wildman–Crippen LogP) is 3.74. The van der Waals surface area contributed by atoms with Gasteiger partial charge in [0.1, 0.15) is 0 Å². The largest absolute Gasteiger partial charge is 0.223 e. The second-order valence-electron chi connectivity index (χ2n) is 7.16. The average molecular weight is 307 g/mol. The minimum Gasteiger partial charge on any atom is -0.223 e. The summed E-state index contributed by atoms with van der Waals surface area (Å²) in [6.45, 7) is 6.92. The molecule has 108 valence electrons. The van der Waals surface area contributed by atoms with Gasteiger partial charge in [-0.3, -0.25) is 0 Å². The van der Waals surface area contributed by atoms with Gasteiger partial charge in [-0.15, -0.1) is 0 Å². The molecule has 0 spiro atoms. The summed E-state index contributed by atoms with van der Waals surface area (Å²) in [6, 6.07) is 8.99. The van der Waals surface area contributed by atoms with E-state index in [1.165, 1.54) is 0 Å². The number of hydrogen-bond donors (Lipinski definition) is 0. The molecule has 4 heteroatoms. The molecule has 4 atom stereocenters. The third-order valence-electron chi connectivity index (χ3n) is 4.82. The van der Waals surface area contributed by atoms with Crippen LogP contribution < -0.4 is 0 Å². The number of sulfone groups is 1. The first kappa shape index (κ1) is 14.1. The molecule has 2 aliphatic rings. The van der Waals surface area contributed by atoms with Crippen LogP contribution in [0, 0.1) is 11.8 Å². The first-order valence-electron chi connectivity index (χ1n) is 7.29. The summed E-state index contributed by atoms with van der Waals surface area (Å²) >= 11 is 0. The molecule has 0 heterocycles. The van der Waals surface area contributed by atoms with Gasteiger partial charge in [0.05, 0.1) is 10.1 Å². The van der Waals surface area contributed by atoms with E-state index < -0.39 is 17.9 Å². The topological polar surface area (TPSA) is 34.1 Å². The molecule has 0 N–H and O–H groups in total. The van der Waals surface area contributed by atoms with Gasteiger partial charge in [-0.1, -0.05) is 50.0 Å². The van der Waals surface area contributed by atoms with Crippen LogP contribution in [0.25, 0.3) is 0 Å². The Labute approximate surface area is 122 Å². The van der Waals surface area contributed by atoms with Crippen LogP contribution in [-0.4, -0.2) is 21.7 Å². The van der Waals surface area contributed by atoms with Crippen molar-refractivity contribution in [3.8, 4) is 0 Å². The maximum Gasteiger partial charge on any atom is 0.181 e. The Hall–Kier alpha value is -0.873. The van der Waals surface area contributed by atoms with Crippen molar-refractivity contribution in [1.82, 2.24) is 0 Å². The number of rotatable bonds is 3. The van der Waals surface area contributed by atoms with Gasteiger partial charge in [-0.25, -0.2) is 8.42 Å². The molecule has 2 nitrogen and oxygen atoms in total. The second-order valence-corrected chi connectivity index (χ2v) is 14.7. The van der Waals surface area contributed by atoms with Crippen molar-refractivity contribution in [1.29, 1.82) is 0 Å². The Balaban J connectivity index is 2.07. The molecule has 2 bridgehead atoms. The van der Waals surface area contributed by atoms with Gasteiger partial charge in [0, 0.05) is 8.07 Å². The van der Waals surface area contributed by atoms with Gasteiger partial charge < -0.3 is 0 Å².